The molecule has 2 heterocycles. The molecule has 2 aliphatic heterocycles. The Morgan fingerprint density at radius 1 is 0.394 bits per heavy atom. The van der Waals surface area contributed by atoms with Crippen LogP contribution in [-0.4, -0.2) is 354 Å². The van der Waals surface area contributed by atoms with Crippen LogP contribution in [0, 0.1) is 5.92 Å². The van der Waals surface area contributed by atoms with Crippen molar-refractivity contribution in [2.24, 2.45) is 34.6 Å². The monoisotopic (exact) mass is 1960 g/mol. The van der Waals surface area contributed by atoms with Crippen LogP contribution in [0.5, 0.6) is 0 Å². The molecule has 52 nitrogen and oxygen atoms in total. The van der Waals surface area contributed by atoms with Crippen LogP contribution in [0.25, 0.3) is 0 Å². The zero-order valence-electron chi connectivity index (χ0n) is 77.3. The van der Waals surface area contributed by atoms with Crippen molar-refractivity contribution in [2.45, 2.75) is 297 Å². The number of aliphatic hydroxyl groups excluding tert-OH is 4. The van der Waals surface area contributed by atoms with Gasteiger partial charge in [-0.15, -0.1) is 0 Å². The normalized spacial score (nSPS) is 17.6. The summed E-state index contributed by atoms with van der Waals surface area (Å²) < 4.78 is 0. The number of thiol groups is 1. The lowest BCUT2D eigenvalue weighted by molar-refractivity contribution is -0.145. The van der Waals surface area contributed by atoms with Crippen LogP contribution in [-0.2, 0) is 112 Å². The molecule has 0 saturated carbocycles. The van der Waals surface area contributed by atoms with E-state index in [-0.39, 0.29) is 116 Å². The first-order valence-corrected chi connectivity index (χ1v) is 45.7. The summed E-state index contributed by atoms with van der Waals surface area (Å²) in [4.78, 5) is 301. The maximum atomic E-state index is 14.4. The summed E-state index contributed by atoms with van der Waals surface area (Å²) in [6, 6.07) is -21.4. The number of aliphatic hydroxyl groups is 4. The molecule has 0 aromatic heterocycles. The molecule has 53 heteroatoms. The van der Waals surface area contributed by atoms with Crippen molar-refractivity contribution in [3.05, 3.63) is 35.9 Å². The van der Waals surface area contributed by atoms with Gasteiger partial charge in [-0.2, -0.15) is 12.6 Å². The Labute approximate surface area is 794 Å². The molecular weight excluding hydrogens is 1830 g/mol. The third-order valence-electron chi connectivity index (χ3n) is 22.5. The Hall–Kier alpha value is -12.4. The number of hydrogen-bond acceptors (Lipinski definition) is 31. The van der Waals surface area contributed by atoms with E-state index in [4.69, 9.17) is 28.7 Å². The Bertz CT molecular complexity index is 4310. The molecule has 0 unspecified atom stereocenters. The topological polar surface area (TPSA) is 854 Å². The first-order valence-electron chi connectivity index (χ1n) is 45.1. The van der Waals surface area contributed by atoms with Crippen LogP contribution < -0.4 is 108 Å². The van der Waals surface area contributed by atoms with Gasteiger partial charge < -0.3 is 159 Å². The molecule has 1 aromatic rings. The van der Waals surface area contributed by atoms with E-state index < -0.39 is 308 Å². The van der Waals surface area contributed by atoms with Gasteiger partial charge >= 0.3 is 23.9 Å². The van der Waals surface area contributed by atoms with E-state index in [9.17, 15) is 146 Å². The minimum absolute atomic E-state index is 0.000812. The number of aliphatic carboxylic acids is 4. The van der Waals surface area contributed by atoms with Gasteiger partial charge in [-0.3, -0.25) is 101 Å². The van der Waals surface area contributed by atoms with E-state index in [0.29, 0.717) is 24.8 Å². The van der Waals surface area contributed by atoms with Gasteiger partial charge in [0.15, 0.2) is 0 Å². The summed E-state index contributed by atoms with van der Waals surface area (Å²) in [7, 11) is 0. The number of rotatable bonds is 64. The molecule has 2 saturated heterocycles. The molecule has 137 heavy (non-hydrogen) atoms. The molecule has 21 atom stereocenters. The molecule has 33 N–H and O–H groups in total. The Balaban J connectivity index is 1.86. The highest BCUT2D eigenvalue weighted by Crippen LogP contribution is 2.23. The number of carbonyl (C=O) groups excluding carboxylic acids is 18. The largest absolute Gasteiger partial charge is 0.481 e. The lowest BCUT2D eigenvalue weighted by Gasteiger charge is -2.32. The van der Waals surface area contributed by atoms with Gasteiger partial charge in [0, 0.05) is 38.1 Å². The molecule has 0 aliphatic carbocycles. The van der Waals surface area contributed by atoms with E-state index in [2.05, 4.69) is 92.4 Å². The standard InChI is InChI=1S/C84H136N22O30S/c1-7-41(2)64(80(131)99-55(39-107)77(128)92-47(21-11-14-30-85)69(120)97-52(35-46-19-9-8-10-20-46)74(125)98-54(37-63(117)118)75(126)100-56(40-137)84(135)136)101-82(133)66(44(5)109)103-76(127)53(36-59(89)111)96-68(119)42(3)90-81(132)65(43(4)108)102-72(123)48(22-12-15-31-86)91-70(121)50(26-28-61(113)114)93-71(122)51(27-29-62(115)116)95-79(130)58-25-18-34-106(58)83(134)67(45(6)110)104-73(124)49(23-13-16-32-87)94-78(129)57-24-17-33-105(57)60(112)38-88/h8-10,19-20,41-45,47-58,64-67,107-110,137H,7,11-18,21-40,85-88H2,1-6H3,(H2,89,111)(H,90,132)(H,91,121)(H,92,128)(H,93,122)(H,94,129)(H,95,130)(H,96,119)(H,97,120)(H,98,125)(H,99,131)(H,100,126)(H,101,133)(H,102,123)(H,103,127)(H,104,124)(H,113,114)(H,115,116)(H,117,118)(H,135,136)/t41-,42-,43+,44+,45+,47-,48-,49-,50-,51-,52-,53-,54-,55-,56-,57-,58-,64-,65-,66-,67-/m0/s1. The van der Waals surface area contributed by atoms with Gasteiger partial charge in [0.1, 0.15) is 103 Å². The molecule has 3 rings (SSSR count). The van der Waals surface area contributed by atoms with Crippen molar-refractivity contribution in [3.8, 4) is 0 Å². The third kappa shape index (κ3) is 40.4. The predicted molar refractivity (Wildman–Crippen MR) is 485 cm³/mol. The number of carbonyl (C=O) groups is 22. The zero-order chi connectivity index (χ0) is 103. The summed E-state index contributed by atoms with van der Waals surface area (Å²) in [5, 5.41) is 117. The van der Waals surface area contributed by atoms with Crippen LogP contribution in [0.15, 0.2) is 30.3 Å². The smallest absolute Gasteiger partial charge is 0.327 e. The zero-order valence-corrected chi connectivity index (χ0v) is 78.2. The second kappa shape index (κ2) is 60.9. The number of likely N-dealkylation sites (tertiary alicyclic amines) is 2. The number of hydrogen-bond donors (Lipinski definition) is 29. The Morgan fingerprint density at radius 3 is 1.17 bits per heavy atom. The van der Waals surface area contributed by atoms with Gasteiger partial charge in [0.25, 0.3) is 0 Å². The highest BCUT2D eigenvalue weighted by atomic mass is 32.1. The number of primary amides is 1. The van der Waals surface area contributed by atoms with Gasteiger partial charge in [-0.25, -0.2) is 4.79 Å². The first-order chi connectivity index (χ1) is 64.6. The van der Waals surface area contributed by atoms with E-state index in [1.165, 1.54) is 18.7 Å². The quantitative estimate of drug-likeness (QED) is 0.0213. The van der Waals surface area contributed by atoms with Crippen LogP contribution in [0.2, 0.25) is 0 Å². The fourth-order valence-corrected chi connectivity index (χ4v) is 14.8. The Kier molecular flexibility index (Phi) is 52.8. The SMILES string of the molecule is CC[C@H](C)[C@H](NC(=O)[C@@H](NC(=O)[C@H](CC(N)=O)NC(=O)[C@H](C)NC(=O)[C@@H](NC(=O)[C@H](CCCCN)NC(=O)[C@H](CCC(=O)O)NC(=O)[C@H](CCC(=O)O)NC(=O)[C@@H]1CCCN1C(=O)[C@@H](NC(=O)[C@H](CCCCN)NC(=O)[C@@H]1CCCN1C(=O)CN)[C@@H](C)O)[C@@H](C)O)[C@@H](C)O)C(=O)N[C@@H](CO)C(=O)N[C@@H](CCCCN)C(=O)N[C@@H](Cc1ccccc1)C(=O)N[C@@H](CC(=O)O)C(=O)N[C@@H](CS)C(=O)O. The number of unbranched alkanes of at least 4 members (excludes halogenated alkanes) is 3. The molecule has 1 aromatic carbocycles. The summed E-state index contributed by atoms with van der Waals surface area (Å²) in [6.45, 7) is 6.09. The number of amides is 18. The summed E-state index contributed by atoms with van der Waals surface area (Å²) >= 11 is 3.89. The van der Waals surface area contributed by atoms with Crippen molar-refractivity contribution >= 4 is 143 Å². The van der Waals surface area contributed by atoms with Crippen LogP contribution >= 0.6 is 12.6 Å². The van der Waals surface area contributed by atoms with Crippen LogP contribution in [0.4, 0.5) is 0 Å². The fraction of sp³-hybridized carbons (Fsp3) is 0.667. The molecule has 0 bridgehead atoms. The number of nitrogens with two attached hydrogens (primary N) is 5. The number of nitrogens with one attached hydrogen (secondary N) is 15. The molecule has 2 aliphatic rings. The second-order valence-corrected chi connectivity index (χ2v) is 33.8. The van der Waals surface area contributed by atoms with E-state index >= 15 is 0 Å². The van der Waals surface area contributed by atoms with E-state index in [0.717, 1.165) is 25.7 Å². The van der Waals surface area contributed by atoms with E-state index in [1.807, 2.05) is 0 Å². The average Bonchev–Trinajstić information content (AvgIpc) is 1.72. The fourth-order valence-electron chi connectivity index (χ4n) is 14.5. The molecule has 0 radical (unpaired) electrons. The maximum absolute atomic E-state index is 14.4. The number of carboxylic acids is 4. The minimum atomic E-state index is -2.07. The van der Waals surface area contributed by atoms with Gasteiger partial charge in [0.05, 0.1) is 44.3 Å². The molecule has 2 fully saturated rings. The van der Waals surface area contributed by atoms with Gasteiger partial charge in [0.2, 0.25) is 106 Å². The third-order valence-corrected chi connectivity index (χ3v) is 22.8. The first kappa shape index (κ1) is 119. The van der Waals surface area contributed by atoms with Crippen LogP contribution in [0.3, 0.4) is 0 Å². The maximum Gasteiger partial charge on any atom is 0.327 e. The van der Waals surface area contributed by atoms with E-state index in [1.54, 1.807) is 37.3 Å². The Morgan fingerprint density at radius 2 is 0.745 bits per heavy atom. The summed E-state index contributed by atoms with van der Waals surface area (Å²) in [5.74, 6) is -27.8. The molecule has 768 valence electrons. The molecule has 18 amide bonds. The molecule has 0 spiro atoms. The molecular formula is C84H136N22O30S. The number of carboxylic acid groups (broad SMARTS) is 4. The van der Waals surface area contributed by atoms with Crippen molar-refractivity contribution in [3.63, 3.8) is 0 Å². The number of nitrogens with zero attached hydrogens (tertiary/aromatic N) is 2. The van der Waals surface area contributed by atoms with Crippen molar-refractivity contribution in [2.75, 3.05) is 51.6 Å². The highest BCUT2D eigenvalue weighted by Gasteiger charge is 2.45. The van der Waals surface area contributed by atoms with Crippen molar-refractivity contribution < 1.29 is 146 Å². The summed E-state index contributed by atoms with van der Waals surface area (Å²) in [6.07, 6.45) is -9.19. The predicted octanol–water partition coefficient (Wildman–Crippen LogP) is -10.9. The second-order valence-electron chi connectivity index (χ2n) is 33.4. The minimum Gasteiger partial charge on any atom is -0.481 e. The highest BCUT2D eigenvalue weighted by molar-refractivity contribution is 7.80. The number of benzene rings is 1. The lowest BCUT2D eigenvalue weighted by atomic mass is 9.97. The van der Waals surface area contributed by atoms with Crippen molar-refractivity contribution in [1.82, 2.24) is 89.6 Å². The average molecular weight is 1970 g/mol. The lowest BCUT2D eigenvalue weighted by Crippen LogP contribution is -2.63. The van der Waals surface area contributed by atoms with Gasteiger partial charge in [-0.05, 0) is 155 Å². The van der Waals surface area contributed by atoms with Gasteiger partial charge in [-0.1, -0.05) is 50.6 Å². The van der Waals surface area contributed by atoms with Crippen molar-refractivity contribution in [1.29, 1.82) is 0 Å². The summed E-state index contributed by atoms with van der Waals surface area (Å²) in [5.41, 5.74) is 28.7. The van der Waals surface area contributed by atoms with Crippen LogP contribution in [0.1, 0.15) is 176 Å².